The average molecular weight is 642 g/mol. The van der Waals surface area contributed by atoms with Crippen molar-refractivity contribution in [3.8, 4) is 0 Å². The van der Waals surface area contributed by atoms with Crippen LogP contribution >= 0.6 is 34.8 Å². The minimum atomic E-state index is -5.23. The van der Waals surface area contributed by atoms with Gasteiger partial charge in [0.2, 0.25) is 10.0 Å². The summed E-state index contributed by atoms with van der Waals surface area (Å²) in [6, 6.07) is 25.3. The molecule has 0 saturated heterocycles. The topological polar surface area (TPSA) is 57.7 Å². The molecule has 5 rings (SSSR count). The molecule has 4 aromatic rings. The zero-order valence-electron chi connectivity index (χ0n) is 21.2. The molecule has 0 radical (unpaired) electrons. The van der Waals surface area contributed by atoms with E-state index in [1.165, 1.54) is 34.6 Å². The highest BCUT2D eigenvalue weighted by atomic mass is 35.5. The first-order chi connectivity index (χ1) is 19.4. The Morgan fingerprint density at radius 3 is 1.95 bits per heavy atom. The van der Waals surface area contributed by atoms with E-state index >= 15 is 0 Å². The van der Waals surface area contributed by atoms with Crippen LogP contribution in [0.25, 0.3) is 10.8 Å². The van der Waals surface area contributed by atoms with E-state index in [2.05, 4.69) is 0 Å². The van der Waals surface area contributed by atoms with Gasteiger partial charge in [-0.2, -0.15) is 17.5 Å². The summed E-state index contributed by atoms with van der Waals surface area (Å²) in [7, 11) is -4.15. The van der Waals surface area contributed by atoms with Crippen molar-refractivity contribution >= 4 is 67.2 Å². The van der Waals surface area contributed by atoms with Crippen molar-refractivity contribution in [3.63, 3.8) is 0 Å². The fraction of sp³-hybridized carbons (Fsp3) is 0.207. The number of carbonyl (C=O) groups excluding carboxylic acids is 1. The predicted molar refractivity (Wildman–Crippen MR) is 155 cm³/mol. The third kappa shape index (κ3) is 5.42. The number of alkyl halides is 6. The van der Waals surface area contributed by atoms with E-state index < -0.39 is 38.4 Å². The van der Waals surface area contributed by atoms with Crippen molar-refractivity contribution in [2.75, 3.05) is 10.8 Å². The summed E-state index contributed by atoms with van der Waals surface area (Å²) in [5.74, 6) is -2.65. The van der Waals surface area contributed by atoms with Crippen LogP contribution in [0.15, 0.2) is 95.9 Å². The molecule has 1 aliphatic rings. The van der Waals surface area contributed by atoms with Gasteiger partial charge in [-0.3, -0.25) is 9.69 Å². The van der Waals surface area contributed by atoms with Crippen molar-refractivity contribution < 1.29 is 26.4 Å². The Bertz CT molecular complexity index is 1670. The first-order valence-electron chi connectivity index (χ1n) is 12.3. The van der Waals surface area contributed by atoms with Crippen LogP contribution in [0.3, 0.4) is 0 Å². The highest BCUT2D eigenvalue weighted by Crippen LogP contribution is 2.54. The van der Waals surface area contributed by atoms with E-state index in [-0.39, 0.29) is 34.6 Å². The number of hydrogen-bond donors (Lipinski definition) is 0. The first-order valence-corrected chi connectivity index (χ1v) is 15.1. The Balaban J connectivity index is 1.66. The number of hydrogen-bond acceptors (Lipinski definition) is 3. The molecule has 4 aromatic carbocycles. The number of sulfonamides is 1. The molecule has 5 nitrogen and oxygen atoms in total. The number of halogens is 6. The van der Waals surface area contributed by atoms with Crippen LogP contribution in [-0.4, -0.2) is 36.2 Å². The van der Waals surface area contributed by atoms with Crippen LogP contribution in [-0.2, 0) is 32.8 Å². The zero-order chi connectivity index (χ0) is 29.6. The van der Waals surface area contributed by atoms with E-state index in [4.69, 9.17) is 34.8 Å². The molecule has 1 aliphatic heterocycles. The molecule has 0 fully saturated rings. The van der Waals surface area contributed by atoms with E-state index in [1.54, 1.807) is 0 Å². The van der Waals surface area contributed by atoms with Gasteiger partial charge in [0, 0.05) is 24.5 Å². The van der Waals surface area contributed by atoms with Crippen LogP contribution in [0.1, 0.15) is 16.7 Å². The molecule has 1 amide bonds. The largest absolute Gasteiger partial charge is 0.471 e. The lowest BCUT2D eigenvalue weighted by molar-refractivity contribution is -0.170. The summed E-state index contributed by atoms with van der Waals surface area (Å²) in [5, 5.41) is 0.711. The molecule has 0 N–H and O–H groups in total. The lowest BCUT2D eigenvalue weighted by Gasteiger charge is -2.28. The van der Waals surface area contributed by atoms with Gasteiger partial charge in [0.25, 0.3) is 0 Å². The van der Waals surface area contributed by atoms with Gasteiger partial charge in [-0.05, 0) is 40.1 Å². The molecule has 214 valence electrons. The normalized spacial score (nSPS) is 19.1. The molecule has 2 atom stereocenters. The fourth-order valence-corrected chi connectivity index (χ4v) is 7.44. The van der Waals surface area contributed by atoms with Gasteiger partial charge in [0.15, 0.2) is 0 Å². The fourth-order valence-electron chi connectivity index (χ4n) is 4.96. The van der Waals surface area contributed by atoms with Gasteiger partial charge in [-0.25, -0.2) is 8.42 Å². The number of fused-ring (bicyclic) bond motifs is 3. The summed E-state index contributed by atoms with van der Waals surface area (Å²) < 4.78 is 70.0. The number of carbonyl (C=O) groups is 1. The highest BCUT2D eigenvalue weighted by molar-refractivity contribution is 7.89. The molecular formula is C29H22Cl3F3N2O3S. The summed E-state index contributed by atoms with van der Waals surface area (Å²) in [4.78, 5) is 10.8. The van der Waals surface area contributed by atoms with Crippen LogP contribution < -0.4 is 4.90 Å². The number of benzene rings is 4. The summed E-state index contributed by atoms with van der Waals surface area (Å²) in [5.41, 5.74) is -0.275. The molecule has 0 bridgehead atoms. The maximum atomic E-state index is 14.1. The van der Waals surface area contributed by atoms with E-state index in [1.807, 2.05) is 60.7 Å². The lowest BCUT2D eigenvalue weighted by atomic mass is 9.95. The van der Waals surface area contributed by atoms with Crippen LogP contribution in [0, 0.1) is 0 Å². The smallest absolute Gasteiger partial charge is 0.285 e. The van der Waals surface area contributed by atoms with E-state index in [0.29, 0.717) is 10.3 Å². The summed E-state index contributed by atoms with van der Waals surface area (Å²) in [6.07, 6.45) is -5.23. The van der Waals surface area contributed by atoms with Gasteiger partial charge < -0.3 is 0 Å². The molecule has 0 aromatic heterocycles. The van der Waals surface area contributed by atoms with Gasteiger partial charge in [-0.15, -0.1) is 23.2 Å². The Kier molecular flexibility index (Phi) is 8.04. The molecule has 1 heterocycles. The van der Waals surface area contributed by atoms with Crippen molar-refractivity contribution in [1.82, 2.24) is 4.31 Å². The third-order valence-corrected chi connectivity index (χ3v) is 10.5. The Labute approximate surface area is 250 Å². The highest BCUT2D eigenvalue weighted by Gasteiger charge is 2.57. The molecule has 2 unspecified atom stereocenters. The Hall–Kier alpha value is -2.82. The van der Waals surface area contributed by atoms with Crippen LogP contribution in [0.2, 0.25) is 0 Å². The molecule has 0 spiro atoms. The molecule has 41 heavy (non-hydrogen) atoms. The van der Waals surface area contributed by atoms with Gasteiger partial charge in [0.1, 0.15) is 10.4 Å². The second kappa shape index (κ2) is 11.1. The van der Waals surface area contributed by atoms with Gasteiger partial charge in [0.05, 0.1) is 10.6 Å². The minimum Gasteiger partial charge on any atom is -0.285 e. The van der Waals surface area contributed by atoms with Crippen molar-refractivity contribution in [3.05, 3.63) is 108 Å². The van der Waals surface area contributed by atoms with Gasteiger partial charge >= 0.3 is 12.1 Å². The second-order valence-corrected chi connectivity index (χ2v) is 12.9. The minimum absolute atomic E-state index is 0.0546. The molecule has 0 saturated carbocycles. The lowest BCUT2D eigenvalue weighted by Crippen LogP contribution is -2.47. The Morgan fingerprint density at radius 1 is 0.902 bits per heavy atom. The first kappa shape index (κ1) is 29.7. The molecular weight excluding hydrogens is 620 g/mol. The molecule has 12 heteroatoms. The monoisotopic (exact) mass is 640 g/mol. The van der Waals surface area contributed by atoms with Crippen LogP contribution in [0.4, 0.5) is 18.9 Å². The van der Waals surface area contributed by atoms with Crippen molar-refractivity contribution in [2.45, 2.75) is 34.5 Å². The zero-order valence-corrected chi connectivity index (χ0v) is 24.2. The maximum Gasteiger partial charge on any atom is 0.471 e. The standard InChI is InChI=1S/C29H22Cl3F3N2O3S/c30-18-28(32)25-23-15-22(13-11-21(23)12-14-24(25)37(26(28)31)27(38)29(33,34)35)41(39,40)36(16-19-7-3-1-4-8-19)17-20-9-5-2-6-10-20/h1-15,26H,16-18H2. The average Bonchev–Trinajstić information content (AvgIpc) is 3.19. The number of rotatable bonds is 7. The van der Waals surface area contributed by atoms with Crippen molar-refractivity contribution in [2.24, 2.45) is 0 Å². The third-order valence-electron chi connectivity index (χ3n) is 6.95. The predicted octanol–water partition coefficient (Wildman–Crippen LogP) is 7.38. The number of nitrogens with zero attached hydrogens (tertiary/aromatic N) is 2. The quantitative estimate of drug-likeness (QED) is 0.156. The SMILES string of the molecule is O=C(N1c2ccc3ccc(S(=O)(=O)N(Cc4ccccc4)Cc4ccccc4)cc3c2C(Cl)(CCl)C1Cl)C(F)(F)F. The summed E-state index contributed by atoms with van der Waals surface area (Å²) in [6.45, 7) is 0.142. The van der Waals surface area contributed by atoms with E-state index in [0.717, 1.165) is 11.1 Å². The number of anilines is 1. The van der Waals surface area contributed by atoms with Crippen LogP contribution in [0.5, 0.6) is 0 Å². The van der Waals surface area contributed by atoms with E-state index in [9.17, 15) is 26.4 Å². The Morgan fingerprint density at radius 2 is 1.44 bits per heavy atom. The summed E-state index contributed by atoms with van der Waals surface area (Å²) >= 11 is 19.3. The number of amides is 1. The second-order valence-electron chi connectivity index (χ2n) is 9.59. The van der Waals surface area contributed by atoms with Crippen molar-refractivity contribution in [1.29, 1.82) is 0 Å². The molecule has 0 aliphatic carbocycles. The van der Waals surface area contributed by atoms with Gasteiger partial charge in [-0.1, -0.05) is 84.4 Å². The maximum absolute atomic E-state index is 14.1.